The predicted molar refractivity (Wildman–Crippen MR) is 111 cm³/mol. The summed E-state index contributed by atoms with van der Waals surface area (Å²) in [5.41, 5.74) is 3.90. The van der Waals surface area contributed by atoms with Crippen molar-refractivity contribution in [2.45, 2.75) is 12.8 Å². The number of hydrogen-bond donors (Lipinski definition) is 1. The third kappa shape index (κ3) is 3.96. The van der Waals surface area contributed by atoms with E-state index >= 15 is 0 Å². The van der Waals surface area contributed by atoms with Gasteiger partial charge in [-0.25, -0.2) is 0 Å². The minimum Gasteiger partial charge on any atom is -0.326 e. The highest BCUT2D eigenvalue weighted by molar-refractivity contribution is 6.03. The minimum atomic E-state index is -0.350. The van der Waals surface area contributed by atoms with Gasteiger partial charge in [0, 0.05) is 24.3 Å². The van der Waals surface area contributed by atoms with Crippen LogP contribution in [0.3, 0.4) is 0 Å². The van der Waals surface area contributed by atoms with Crippen LogP contribution in [-0.4, -0.2) is 18.4 Å². The number of nitrogens with zero attached hydrogens (tertiary/aromatic N) is 1. The van der Waals surface area contributed by atoms with Crippen molar-refractivity contribution in [3.05, 3.63) is 96.1 Å². The molecule has 1 N–H and O–H groups in total. The topological polar surface area (TPSA) is 49.4 Å². The van der Waals surface area contributed by atoms with Crippen LogP contribution in [-0.2, 0) is 16.0 Å². The predicted octanol–water partition coefficient (Wildman–Crippen LogP) is 4.27. The highest BCUT2D eigenvalue weighted by Crippen LogP contribution is 2.27. The van der Waals surface area contributed by atoms with Gasteiger partial charge in [0.25, 0.3) is 0 Å². The summed E-state index contributed by atoms with van der Waals surface area (Å²) < 4.78 is 0. The molecule has 3 aromatic rings. The average molecular weight is 370 g/mol. The van der Waals surface area contributed by atoms with E-state index < -0.39 is 0 Å². The molecule has 0 aromatic heterocycles. The number of rotatable bonds is 5. The Kier molecular flexibility index (Phi) is 5.20. The van der Waals surface area contributed by atoms with Gasteiger partial charge in [-0.15, -0.1) is 0 Å². The molecule has 28 heavy (non-hydrogen) atoms. The van der Waals surface area contributed by atoms with E-state index in [9.17, 15) is 9.59 Å². The molecule has 1 atom stereocenters. The van der Waals surface area contributed by atoms with Crippen LogP contribution in [0.4, 0.5) is 11.4 Å². The van der Waals surface area contributed by atoms with E-state index in [2.05, 4.69) is 17.4 Å². The van der Waals surface area contributed by atoms with Crippen molar-refractivity contribution < 1.29 is 9.59 Å². The molecule has 0 aliphatic carbocycles. The van der Waals surface area contributed by atoms with Gasteiger partial charge in [0.2, 0.25) is 11.8 Å². The zero-order valence-electron chi connectivity index (χ0n) is 15.5. The van der Waals surface area contributed by atoms with Crippen LogP contribution in [0.15, 0.2) is 84.9 Å². The Morgan fingerprint density at radius 3 is 2.29 bits per heavy atom. The Hall–Kier alpha value is -3.40. The summed E-state index contributed by atoms with van der Waals surface area (Å²) in [6.45, 7) is 0.412. The first-order valence-corrected chi connectivity index (χ1v) is 9.49. The summed E-state index contributed by atoms with van der Waals surface area (Å²) in [4.78, 5) is 26.9. The fraction of sp³-hybridized carbons (Fsp3) is 0.167. The summed E-state index contributed by atoms with van der Waals surface area (Å²) >= 11 is 0. The molecule has 4 heteroatoms. The standard InChI is InChI=1S/C24H22N2O2/c27-23-16-20(17-26(23)21-12-5-2-6-13-21)24(28)25-22-14-8-7-11-19(22)15-18-9-3-1-4-10-18/h1-14,20H,15-17H2,(H,25,28). The van der Waals surface area contributed by atoms with Crippen LogP contribution in [0.1, 0.15) is 17.5 Å². The van der Waals surface area contributed by atoms with Crippen molar-refractivity contribution in [3.8, 4) is 0 Å². The normalized spacial score (nSPS) is 16.2. The van der Waals surface area contributed by atoms with Gasteiger partial charge in [-0.1, -0.05) is 66.7 Å². The van der Waals surface area contributed by atoms with Crippen LogP contribution in [0.2, 0.25) is 0 Å². The molecule has 1 saturated heterocycles. The second-order valence-electron chi connectivity index (χ2n) is 7.05. The molecule has 1 fully saturated rings. The largest absolute Gasteiger partial charge is 0.326 e. The van der Waals surface area contributed by atoms with Gasteiger partial charge in [0.05, 0.1) is 5.92 Å². The fourth-order valence-corrected chi connectivity index (χ4v) is 3.59. The zero-order chi connectivity index (χ0) is 19.3. The van der Waals surface area contributed by atoms with Gasteiger partial charge in [0.1, 0.15) is 0 Å². The summed E-state index contributed by atoms with van der Waals surface area (Å²) in [6.07, 6.45) is 0.985. The van der Waals surface area contributed by atoms with Gasteiger partial charge < -0.3 is 10.2 Å². The molecular weight excluding hydrogens is 348 g/mol. The molecule has 4 nitrogen and oxygen atoms in total. The van der Waals surface area contributed by atoms with Crippen molar-refractivity contribution in [2.75, 3.05) is 16.8 Å². The van der Waals surface area contributed by atoms with E-state index in [0.29, 0.717) is 6.54 Å². The van der Waals surface area contributed by atoms with Crippen molar-refractivity contribution in [1.82, 2.24) is 0 Å². The number of nitrogens with one attached hydrogen (secondary N) is 1. The quantitative estimate of drug-likeness (QED) is 0.729. The molecule has 2 amide bonds. The van der Waals surface area contributed by atoms with Crippen LogP contribution in [0.25, 0.3) is 0 Å². The van der Waals surface area contributed by atoms with E-state index in [1.54, 1.807) is 4.90 Å². The van der Waals surface area contributed by atoms with Crippen LogP contribution >= 0.6 is 0 Å². The fourth-order valence-electron chi connectivity index (χ4n) is 3.59. The maximum absolute atomic E-state index is 12.9. The molecule has 4 rings (SSSR count). The van der Waals surface area contributed by atoms with E-state index in [1.807, 2.05) is 72.8 Å². The first-order chi connectivity index (χ1) is 13.7. The number of benzene rings is 3. The smallest absolute Gasteiger partial charge is 0.229 e. The summed E-state index contributed by atoms with van der Waals surface area (Å²) in [5.74, 6) is -0.464. The van der Waals surface area contributed by atoms with Crippen LogP contribution in [0, 0.1) is 5.92 Å². The first-order valence-electron chi connectivity index (χ1n) is 9.49. The molecule has 1 aliphatic rings. The second-order valence-corrected chi connectivity index (χ2v) is 7.05. The molecule has 0 bridgehead atoms. The number of hydrogen-bond acceptors (Lipinski definition) is 2. The number of carbonyl (C=O) groups excluding carboxylic acids is 2. The Balaban J connectivity index is 1.47. The van der Waals surface area contributed by atoms with Gasteiger partial charge in [-0.2, -0.15) is 0 Å². The van der Waals surface area contributed by atoms with Crippen molar-refractivity contribution in [1.29, 1.82) is 0 Å². The lowest BCUT2D eigenvalue weighted by Crippen LogP contribution is -2.28. The number of amides is 2. The van der Waals surface area contributed by atoms with Gasteiger partial charge in [-0.3, -0.25) is 9.59 Å². The Labute approximate surface area is 164 Å². The Morgan fingerprint density at radius 2 is 1.54 bits per heavy atom. The van der Waals surface area contributed by atoms with E-state index in [-0.39, 0.29) is 24.2 Å². The summed E-state index contributed by atoms with van der Waals surface area (Å²) in [6, 6.07) is 27.5. The van der Waals surface area contributed by atoms with Crippen molar-refractivity contribution in [2.24, 2.45) is 5.92 Å². The lowest BCUT2D eigenvalue weighted by molar-refractivity contribution is -0.122. The van der Waals surface area contributed by atoms with Gasteiger partial charge >= 0.3 is 0 Å². The molecule has 140 valence electrons. The maximum Gasteiger partial charge on any atom is 0.229 e. The molecule has 0 saturated carbocycles. The molecule has 3 aromatic carbocycles. The lowest BCUT2D eigenvalue weighted by Gasteiger charge is -2.17. The number of para-hydroxylation sites is 2. The van der Waals surface area contributed by atoms with Crippen molar-refractivity contribution in [3.63, 3.8) is 0 Å². The van der Waals surface area contributed by atoms with Crippen LogP contribution < -0.4 is 10.2 Å². The highest BCUT2D eigenvalue weighted by atomic mass is 16.2. The first kappa shape index (κ1) is 18.0. The second kappa shape index (κ2) is 8.09. The van der Waals surface area contributed by atoms with Crippen molar-refractivity contribution >= 4 is 23.2 Å². The van der Waals surface area contributed by atoms with E-state index in [1.165, 1.54) is 5.56 Å². The SMILES string of the molecule is O=C(Nc1ccccc1Cc1ccccc1)C1CC(=O)N(c2ccccc2)C1. The van der Waals surface area contributed by atoms with E-state index in [4.69, 9.17) is 0 Å². The van der Waals surface area contributed by atoms with E-state index in [0.717, 1.165) is 23.4 Å². The molecule has 0 radical (unpaired) electrons. The minimum absolute atomic E-state index is 0.0103. The number of carbonyl (C=O) groups is 2. The number of anilines is 2. The van der Waals surface area contributed by atoms with Crippen LogP contribution in [0.5, 0.6) is 0 Å². The van der Waals surface area contributed by atoms with Gasteiger partial charge in [0.15, 0.2) is 0 Å². The molecule has 1 heterocycles. The molecule has 1 aliphatic heterocycles. The Bertz CT molecular complexity index is 970. The summed E-state index contributed by atoms with van der Waals surface area (Å²) in [5, 5.41) is 3.05. The third-order valence-corrected chi connectivity index (χ3v) is 5.08. The Morgan fingerprint density at radius 1 is 0.893 bits per heavy atom. The monoisotopic (exact) mass is 370 g/mol. The molecule has 1 unspecified atom stereocenters. The molecular formula is C24H22N2O2. The molecule has 0 spiro atoms. The zero-order valence-corrected chi connectivity index (χ0v) is 15.5. The highest BCUT2D eigenvalue weighted by Gasteiger charge is 2.35. The summed E-state index contributed by atoms with van der Waals surface area (Å²) in [7, 11) is 0. The maximum atomic E-state index is 12.9. The average Bonchev–Trinajstić information content (AvgIpc) is 3.13. The van der Waals surface area contributed by atoms with Gasteiger partial charge in [-0.05, 0) is 35.7 Å². The third-order valence-electron chi connectivity index (χ3n) is 5.08. The lowest BCUT2D eigenvalue weighted by atomic mass is 10.0.